The Bertz CT molecular complexity index is 928. The van der Waals surface area contributed by atoms with Crippen LogP contribution in [-0.4, -0.2) is 27.2 Å². The summed E-state index contributed by atoms with van der Waals surface area (Å²) < 4.78 is 14.7. The fourth-order valence-electron chi connectivity index (χ4n) is 2.95. The number of amides is 1. The summed E-state index contributed by atoms with van der Waals surface area (Å²) in [5.41, 5.74) is 2.12. The molecule has 146 valence electrons. The third kappa shape index (κ3) is 4.94. The molecular formula is C20H21ClFN5O. The second-order valence-corrected chi connectivity index (χ2v) is 7.14. The molecule has 0 spiro atoms. The number of rotatable bonds is 7. The van der Waals surface area contributed by atoms with Crippen molar-refractivity contribution in [3.8, 4) is 5.69 Å². The number of hydrogen-bond acceptors (Lipinski definition) is 4. The molecule has 1 aromatic heterocycles. The number of nitrogens with one attached hydrogen (secondary N) is 2. The molecule has 6 nitrogen and oxygen atoms in total. The Labute approximate surface area is 167 Å². The lowest BCUT2D eigenvalue weighted by atomic mass is 9.96. The highest BCUT2D eigenvalue weighted by Gasteiger charge is 2.17. The molecule has 1 atom stereocenters. The second-order valence-electron chi connectivity index (χ2n) is 6.70. The molecule has 0 aliphatic heterocycles. The molecule has 2 aromatic carbocycles. The number of carbonyl (C=O) groups excluding carboxylic acids is 1. The molecule has 8 heteroatoms. The zero-order valence-corrected chi connectivity index (χ0v) is 16.3. The van der Waals surface area contributed by atoms with Crippen LogP contribution < -0.4 is 10.6 Å². The van der Waals surface area contributed by atoms with Crippen molar-refractivity contribution in [2.24, 2.45) is 5.92 Å². The first kappa shape index (κ1) is 20.0. The number of hydrogen-bond donors (Lipinski definition) is 2. The van der Waals surface area contributed by atoms with E-state index in [-0.39, 0.29) is 30.2 Å². The van der Waals surface area contributed by atoms with E-state index in [1.54, 1.807) is 41.3 Å². The van der Waals surface area contributed by atoms with Crippen LogP contribution in [0.3, 0.4) is 0 Å². The number of nitrogens with zero attached hydrogens (tertiary/aromatic N) is 3. The standard InChI is InChI=1S/C20H21ClFN5O/c1-13(2)20(14-3-6-16(22)7-4-14)24-10-19(28)26-17-9-15(21)5-8-18(17)27-12-23-11-25-27/h3-9,11-13,20,24H,10H2,1-2H3,(H,26,28)/t20-/m0/s1. The molecule has 28 heavy (non-hydrogen) atoms. The quantitative estimate of drug-likeness (QED) is 0.628. The van der Waals surface area contributed by atoms with Gasteiger partial charge in [0, 0.05) is 11.1 Å². The first-order chi connectivity index (χ1) is 13.4. The highest BCUT2D eigenvalue weighted by atomic mass is 35.5. The minimum Gasteiger partial charge on any atom is -0.323 e. The molecule has 0 bridgehead atoms. The van der Waals surface area contributed by atoms with E-state index >= 15 is 0 Å². The van der Waals surface area contributed by atoms with Crippen LogP contribution >= 0.6 is 11.6 Å². The normalized spacial score (nSPS) is 12.2. The summed E-state index contributed by atoms with van der Waals surface area (Å²) in [4.78, 5) is 16.5. The molecular weight excluding hydrogens is 381 g/mol. The van der Waals surface area contributed by atoms with Crippen LogP contribution in [0.2, 0.25) is 5.02 Å². The van der Waals surface area contributed by atoms with E-state index in [1.165, 1.54) is 18.5 Å². The highest BCUT2D eigenvalue weighted by Crippen LogP contribution is 2.24. The summed E-state index contributed by atoms with van der Waals surface area (Å²) in [6, 6.07) is 11.4. The summed E-state index contributed by atoms with van der Waals surface area (Å²) in [7, 11) is 0. The first-order valence-electron chi connectivity index (χ1n) is 8.87. The average molecular weight is 402 g/mol. The lowest BCUT2D eigenvalue weighted by molar-refractivity contribution is -0.115. The van der Waals surface area contributed by atoms with Gasteiger partial charge in [-0.15, -0.1) is 0 Å². The summed E-state index contributed by atoms with van der Waals surface area (Å²) in [5, 5.41) is 10.7. The Balaban J connectivity index is 1.70. The van der Waals surface area contributed by atoms with Crippen molar-refractivity contribution < 1.29 is 9.18 Å². The van der Waals surface area contributed by atoms with Gasteiger partial charge in [0.25, 0.3) is 0 Å². The largest absolute Gasteiger partial charge is 0.323 e. The van der Waals surface area contributed by atoms with Crippen molar-refractivity contribution in [2.45, 2.75) is 19.9 Å². The molecule has 0 fully saturated rings. The Hall–Kier alpha value is -2.77. The minimum atomic E-state index is -0.286. The zero-order chi connectivity index (χ0) is 20.1. The summed E-state index contributed by atoms with van der Waals surface area (Å²) in [5.74, 6) is -0.294. The maximum absolute atomic E-state index is 13.2. The summed E-state index contributed by atoms with van der Waals surface area (Å²) in [6.45, 7) is 4.17. The number of halogens is 2. The van der Waals surface area contributed by atoms with Crippen LogP contribution in [0.5, 0.6) is 0 Å². The van der Waals surface area contributed by atoms with Crippen LogP contribution in [0.25, 0.3) is 5.69 Å². The van der Waals surface area contributed by atoms with Crippen LogP contribution in [0.1, 0.15) is 25.5 Å². The molecule has 0 radical (unpaired) electrons. The second kappa shape index (κ2) is 8.95. The van der Waals surface area contributed by atoms with Gasteiger partial charge < -0.3 is 10.6 Å². The van der Waals surface area contributed by atoms with Crippen molar-refractivity contribution in [3.05, 3.63) is 71.5 Å². The van der Waals surface area contributed by atoms with Gasteiger partial charge in [-0.05, 0) is 41.8 Å². The molecule has 1 heterocycles. The zero-order valence-electron chi connectivity index (χ0n) is 15.6. The molecule has 0 aliphatic carbocycles. The lowest BCUT2D eigenvalue weighted by Crippen LogP contribution is -2.33. The first-order valence-corrected chi connectivity index (χ1v) is 9.25. The highest BCUT2D eigenvalue weighted by molar-refractivity contribution is 6.31. The Morgan fingerprint density at radius 3 is 2.61 bits per heavy atom. The van der Waals surface area contributed by atoms with Gasteiger partial charge in [-0.1, -0.05) is 37.6 Å². The van der Waals surface area contributed by atoms with E-state index in [0.717, 1.165) is 5.56 Å². The Morgan fingerprint density at radius 2 is 1.96 bits per heavy atom. The van der Waals surface area contributed by atoms with Crippen LogP contribution in [-0.2, 0) is 4.79 Å². The molecule has 3 aromatic rings. The van der Waals surface area contributed by atoms with Crippen molar-refractivity contribution in [3.63, 3.8) is 0 Å². The fourth-order valence-corrected chi connectivity index (χ4v) is 3.12. The van der Waals surface area contributed by atoms with Gasteiger partial charge in [0.05, 0.1) is 17.9 Å². The SMILES string of the molecule is CC(C)[C@H](NCC(=O)Nc1cc(Cl)ccc1-n1cncn1)c1ccc(F)cc1. The van der Waals surface area contributed by atoms with Crippen molar-refractivity contribution >= 4 is 23.2 Å². The van der Waals surface area contributed by atoms with Gasteiger partial charge in [-0.2, -0.15) is 5.10 Å². The Kier molecular flexibility index (Phi) is 6.38. The number of anilines is 1. The van der Waals surface area contributed by atoms with Gasteiger partial charge in [0.1, 0.15) is 18.5 Å². The molecule has 3 rings (SSSR count). The summed E-state index contributed by atoms with van der Waals surface area (Å²) >= 11 is 6.08. The molecule has 0 aliphatic rings. The van der Waals surface area contributed by atoms with Gasteiger partial charge in [0.15, 0.2) is 0 Å². The molecule has 0 saturated heterocycles. The van der Waals surface area contributed by atoms with E-state index in [1.807, 2.05) is 13.8 Å². The Morgan fingerprint density at radius 1 is 1.21 bits per heavy atom. The fraction of sp³-hybridized carbons (Fsp3) is 0.250. The smallest absolute Gasteiger partial charge is 0.238 e. The predicted octanol–water partition coefficient (Wildman–Crippen LogP) is 3.99. The van der Waals surface area contributed by atoms with Crippen molar-refractivity contribution in [1.82, 2.24) is 20.1 Å². The van der Waals surface area contributed by atoms with Crippen LogP contribution in [0.15, 0.2) is 55.1 Å². The average Bonchev–Trinajstić information content (AvgIpc) is 3.17. The lowest BCUT2D eigenvalue weighted by Gasteiger charge is -2.23. The number of aromatic nitrogens is 3. The van der Waals surface area contributed by atoms with Crippen LogP contribution in [0.4, 0.5) is 10.1 Å². The predicted molar refractivity (Wildman–Crippen MR) is 107 cm³/mol. The maximum atomic E-state index is 13.2. The molecule has 1 amide bonds. The van der Waals surface area contributed by atoms with Gasteiger partial charge in [-0.3, -0.25) is 4.79 Å². The molecule has 0 unspecified atom stereocenters. The van der Waals surface area contributed by atoms with E-state index in [2.05, 4.69) is 20.7 Å². The number of benzene rings is 2. The minimum absolute atomic E-state index is 0.0829. The summed E-state index contributed by atoms with van der Waals surface area (Å²) in [6.07, 6.45) is 2.96. The maximum Gasteiger partial charge on any atom is 0.238 e. The van der Waals surface area contributed by atoms with Gasteiger partial charge in [0.2, 0.25) is 5.91 Å². The van der Waals surface area contributed by atoms with Crippen molar-refractivity contribution in [1.29, 1.82) is 0 Å². The molecule has 2 N–H and O–H groups in total. The monoisotopic (exact) mass is 401 g/mol. The van der Waals surface area contributed by atoms with E-state index in [4.69, 9.17) is 11.6 Å². The third-order valence-electron chi connectivity index (χ3n) is 4.28. The van der Waals surface area contributed by atoms with E-state index < -0.39 is 0 Å². The van der Waals surface area contributed by atoms with Gasteiger partial charge >= 0.3 is 0 Å². The number of carbonyl (C=O) groups is 1. The van der Waals surface area contributed by atoms with Crippen LogP contribution in [0, 0.1) is 11.7 Å². The van der Waals surface area contributed by atoms with Crippen molar-refractivity contribution in [2.75, 3.05) is 11.9 Å². The van der Waals surface area contributed by atoms with E-state index in [0.29, 0.717) is 16.4 Å². The van der Waals surface area contributed by atoms with E-state index in [9.17, 15) is 9.18 Å². The topological polar surface area (TPSA) is 71.8 Å². The third-order valence-corrected chi connectivity index (χ3v) is 4.51. The molecule has 0 saturated carbocycles. The van der Waals surface area contributed by atoms with Gasteiger partial charge in [-0.25, -0.2) is 14.1 Å².